The number of hydrogen-bond donors (Lipinski definition) is 2. The Bertz CT molecular complexity index is 483. The molecule has 1 aromatic carbocycles. The molecule has 0 radical (unpaired) electrons. The maximum absolute atomic E-state index is 11.9. The minimum absolute atomic E-state index is 0.0211. The third kappa shape index (κ3) is 4.06. The van der Waals surface area contributed by atoms with Crippen LogP contribution in [0.15, 0.2) is 24.3 Å². The molecule has 5 nitrogen and oxygen atoms in total. The van der Waals surface area contributed by atoms with E-state index < -0.39 is 11.5 Å². The molecule has 19 heavy (non-hydrogen) atoms. The largest absolute Gasteiger partial charge is 0.480 e. The predicted molar refractivity (Wildman–Crippen MR) is 74.2 cm³/mol. The number of hydrogen-bond acceptors (Lipinski definition) is 3. The standard InChI is InChI=1S/C14H20N2O3/c1-10-6-5-7-11(8-10)15-12(17)9-16(4)14(2,3)13(18)19/h5-8H,9H2,1-4H3,(H,15,17)(H,18,19). The average molecular weight is 264 g/mol. The zero-order valence-electron chi connectivity index (χ0n) is 11.7. The second-order valence-electron chi connectivity index (χ2n) is 5.14. The summed E-state index contributed by atoms with van der Waals surface area (Å²) in [4.78, 5) is 24.4. The lowest BCUT2D eigenvalue weighted by molar-refractivity contribution is -0.148. The molecule has 5 heteroatoms. The molecular formula is C14H20N2O3. The highest BCUT2D eigenvalue weighted by Crippen LogP contribution is 2.13. The summed E-state index contributed by atoms with van der Waals surface area (Å²) in [6.07, 6.45) is 0. The monoisotopic (exact) mass is 264 g/mol. The molecule has 0 atom stereocenters. The van der Waals surface area contributed by atoms with Crippen LogP contribution in [0.3, 0.4) is 0 Å². The molecule has 0 aliphatic carbocycles. The maximum Gasteiger partial charge on any atom is 0.323 e. The summed E-state index contributed by atoms with van der Waals surface area (Å²) in [7, 11) is 1.62. The Hall–Kier alpha value is -1.88. The number of anilines is 1. The summed E-state index contributed by atoms with van der Waals surface area (Å²) in [5.74, 6) is -1.19. The smallest absolute Gasteiger partial charge is 0.323 e. The number of amides is 1. The van der Waals surface area contributed by atoms with Crippen molar-refractivity contribution in [1.82, 2.24) is 4.90 Å². The van der Waals surface area contributed by atoms with Gasteiger partial charge in [0.2, 0.25) is 5.91 Å². The Morgan fingerprint density at radius 2 is 2.00 bits per heavy atom. The van der Waals surface area contributed by atoms with E-state index in [4.69, 9.17) is 5.11 Å². The van der Waals surface area contributed by atoms with Gasteiger partial charge in [0.15, 0.2) is 0 Å². The van der Waals surface area contributed by atoms with E-state index in [-0.39, 0.29) is 12.5 Å². The van der Waals surface area contributed by atoms with Crippen LogP contribution in [0.2, 0.25) is 0 Å². The highest BCUT2D eigenvalue weighted by atomic mass is 16.4. The topological polar surface area (TPSA) is 69.6 Å². The zero-order valence-corrected chi connectivity index (χ0v) is 11.7. The van der Waals surface area contributed by atoms with Crippen LogP contribution in [0.5, 0.6) is 0 Å². The summed E-state index contributed by atoms with van der Waals surface area (Å²) >= 11 is 0. The van der Waals surface area contributed by atoms with Gasteiger partial charge in [-0.3, -0.25) is 14.5 Å². The first-order chi connectivity index (χ1) is 8.73. The number of carboxylic acid groups (broad SMARTS) is 1. The molecule has 0 fully saturated rings. The molecule has 0 aromatic heterocycles. The number of aryl methyl sites for hydroxylation is 1. The normalized spacial score (nSPS) is 11.4. The van der Waals surface area contributed by atoms with Gasteiger partial charge in [0.25, 0.3) is 0 Å². The number of benzene rings is 1. The van der Waals surface area contributed by atoms with Crippen molar-refractivity contribution in [1.29, 1.82) is 0 Å². The van der Waals surface area contributed by atoms with E-state index in [1.807, 2.05) is 25.1 Å². The molecule has 0 saturated heterocycles. The Morgan fingerprint density at radius 1 is 1.37 bits per heavy atom. The molecule has 2 N–H and O–H groups in total. The molecule has 0 spiro atoms. The van der Waals surface area contributed by atoms with Gasteiger partial charge in [0, 0.05) is 5.69 Å². The van der Waals surface area contributed by atoms with Crippen LogP contribution in [-0.2, 0) is 9.59 Å². The molecule has 0 aliphatic rings. The van der Waals surface area contributed by atoms with Gasteiger partial charge < -0.3 is 10.4 Å². The van der Waals surface area contributed by atoms with Crippen LogP contribution in [0, 0.1) is 6.92 Å². The number of carbonyl (C=O) groups excluding carboxylic acids is 1. The number of rotatable bonds is 5. The van der Waals surface area contributed by atoms with E-state index in [1.54, 1.807) is 27.0 Å². The predicted octanol–water partition coefficient (Wildman–Crippen LogP) is 1.73. The van der Waals surface area contributed by atoms with Gasteiger partial charge >= 0.3 is 5.97 Å². The number of nitrogens with one attached hydrogen (secondary N) is 1. The van der Waals surface area contributed by atoms with Crippen LogP contribution in [0.1, 0.15) is 19.4 Å². The van der Waals surface area contributed by atoms with Crippen molar-refractivity contribution in [2.45, 2.75) is 26.3 Å². The van der Waals surface area contributed by atoms with Crippen molar-refractivity contribution in [2.24, 2.45) is 0 Å². The Balaban J connectivity index is 2.64. The third-order valence-corrected chi connectivity index (χ3v) is 3.16. The molecule has 1 amide bonds. The second kappa shape index (κ2) is 5.84. The summed E-state index contributed by atoms with van der Waals surface area (Å²) in [6, 6.07) is 7.46. The number of carboxylic acids is 1. The number of carbonyl (C=O) groups is 2. The van der Waals surface area contributed by atoms with Gasteiger partial charge in [-0.25, -0.2) is 0 Å². The summed E-state index contributed by atoms with van der Waals surface area (Å²) in [5.41, 5.74) is 0.688. The highest BCUT2D eigenvalue weighted by molar-refractivity contribution is 5.92. The molecule has 0 heterocycles. The van der Waals surface area contributed by atoms with E-state index >= 15 is 0 Å². The van der Waals surface area contributed by atoms with Crippen molar-refractivity contribution < 1.29 is 14.7 Å². The number of aliphatic carboxylic acids is 1. The van der Waals surface area contributed by atoms with Crippen LogP contribution >= 0.6 is 0 Å². The molecule has 104 valence electrons. The fourth-order valence-corrected chi connectivity index (χ4v) is 1.50. The van der Waals surface area contributed by atoms with E-state index in [0.717, 1.165) is 5.56 Å². The summed E-state index contributed by atoms with van der Waals surface area (Å²) < 4.78 is 0. The highest BCUT2D eigenvalue weighted by Gasteiger charge is 2.32. The van der Waals surface area contributed by atoms with E-state index in [9.17, 15) is 9.59 Å². The van der Waals surface area contributed by atoms with E-state index in [2.05, 4.69) is 5.32 Å². The van der Waals surface area contributed by atoms with Crippen LogP contribution in [0.4, 0.5) is 5.69 Å². The van der Waals surface area contributed by atoms with Crippen molar-refractivity contribution in [3.05, 3.63) is 29.8 Å². The van der Waals surface area contributed by atoms with E-state index in [1.165, 1.54) is 4.90 Å². The number of likely N-dealkylation sites (N-methyl/N-ethyl adjacent to an activating group) is 1. The average Bonchev–Trinajstić information content (AvgIpc) is 2.28. The third-order valence-electron chi connectivity index (χ3n) is 3.16. The van der Waals surface area contributed by atoms with Crippen LogP contribution in [-0.4, -0.2) is 41.0 Å². The van der Waals surface area contributed by atoms with Gasteiger partial charge in [-0.1, -0.05) is 12.1 Å². The lowest BCUT2D eigenvalue weighted by Gasteiger charge is -2.30. The van der Waals surface area contributed by atoms with Gasteiger partial charge in [-0.05, 0) is 45.5 Å². The fraction of sp³-hybridized carbons (Fsp3) is 0.429. The first-order valence-electron chi connectivity index (χ1n) is 6.04. The summed E-state index contributed by atoms with van der Waals surface area (Å²) in [5, 5.41) is 11.8. The molecule has 1 rings (SSSR count). The lowest BCUT2D eigenvalue weighted by atomic mass is 10.0. The van der Waals surface area contributed by atoms with Crippen molar-refractivity contribution >= 4 is 17.6 Å². The SMILES string of the molecule is Cc1cccc(NC(=O)CN(C)C(C)(C)C(=O)O)c1. The molecule has 0 aliphatic heterocycles. The van der Waals surface area contributed by atoms with Crippen LogP contribution < -0.4 is 5.32 Å². The first kappa shape index (κ1) is 15.2. The molecule has 0 unspecified atom stereocenters. The van der Waals surface area contributed by atoms with Crippen LogP contribution in [0.25, 0.3) is 0 Å². The summed E-state index contributed by atoms with van der Waals surface area (Å²) in [6.45, 7) is 5.09. The Kier molecular flexibility index (Phi) is 4.67. The van der Waals surface area contributed by atoms with Gasteiger partial charge in [-0.15, -0.1) is 0 Å². The lowest BCUT2D eigenvalue weighted by Crippen LogP contribution is -2.50. The minimum atomic E-state index is -1.08. The number of nitrogens with zero attached hydrogens (tertiary/aromatic N) is 1. The Labute approximate surface area is 113 Å². The quantitative estimate of drug-likeness (QED) is 0.849. The van der Waals surface area contributed by atoms with Crippen molar-refractivity contribution in [3.8, 4) is 0 Å². The zero-order chi connectivity index (χ0) is 14.6. The van der Waals surface area contributed by atoms with Gasteiger partial charge in [0.05, 0.1) is 6.54 Å². The molecule has 0 bridgehead atoms. The minimum Gasteiger partial charge on any atom is -0.480 e. The molecule has 0 saturated carbocycles. The maximum atomic E-state index is 11.9. The van der Waals surface area contributed by atoms with E-state index in [0.29, 0.717) is 5.69 Å². The fourth-order valence-electron chi connectivity index (χ4n) is 1.50. The first-order valence-corrected chi connectivity index (χ1v) is 6.04. The van der Waals surface area contributed by atoms with Gasteiger partial charge in [0.1, 0.15) is 5.54 Å². The molecule has 1 aromatic rings. The second-order valence-corrected chi connectivity index (χ2v) is 5.14. The van der Waals surface area contributed by atoms with Crippen molar-refractivity contribution in [3.63, 3.8) is 0 Å². The Morgan fingerprint density at radius 3 is 2.53 bits per heavy atom. The van der Waals surface area contributed by atoms with Crippen molar-refractivity contribution in [2.75, 3.05) is 18.9 Å². The molecular weight excluding hydrogens is 244 g/mol. The van der Waals surface area contributed by atoms with Gasteiger partial charge in [-0.2, -0.15) is 0 Å².